The average Bonchev–Trinajstić information content (AvgIpc) is 2.22. The van der Waals surface area contributed by atoms with Gasteiger partial charge in [-0.15, -0.1) is 0 Å². The van der Waals surface area contributed by atoms with Gasteiger partial charge in [0.25, 0.3) is 0 Å². The first-order valence-corrected chi connectivity index (χ1v) is 6.78. The summed E-state index contributed by atoms with van der Waals surface area (Å²) < 4.78 is 7.04. The SMILES string of the molecule is Cc1cc(OCCN(C)C)c(C(C)C)cc1Br. The van der Waals surface area contributed by atoms with Gasteiger partial charge in [0.05, 0.1) is 0 Å². The molecule has 0 amide bonds. The van der Waals surface area contributed by atoms with Crippen molar-refractivity contribution in [3.63, 3.8) is 0 Å². The summed E-state index contributed by atoms with van der Waals surface area (Å²) in [5.74, 6) is 1.49. The van der Waals surface area contributed by atoms with E-state index in [9.17, 15) is 0 Å². The molecule has 0 aliphatic heterocycles. The van der Waals surface area contributed by atoms with Gasteiger partial charge in [0.1, 0.15) is 12.4 Å². The summed E-state index contributed by atoms with van der Waals surface area (Å²) in [7, 11) is 4.11. The fourth-order valence-electron chi connectivity index (χ4n) is 1.58. The molecule has 0 N–H and O–H groups in total. The van der Waals surface area contributed by atoms with Crippen molar-refractivity contribution < 1.29 is 4.74 Å². The first kappa shape index (κ1) is 14.5. The number of benzene rings is 1. The zero-order valence-electron chi connectivity index (χ0n) is 11.4. The van der Waals surface area contributed by atoms with E-state index in [1.807, 2.05) is 0 Å². The molecule has 17 heavy (non-hydrogen) atoms. The smallest absolute Gasteiger partial charge is 0.123 e. The molecule has 0 saturated carbocycles. The number of hydrogen-bond acceptors (Lipinski definition) is 2. The van der Waals surface area contributed by atoms with E-state index >= 15 is 0 Å². The Morgan fingerprint density at radius 3 is 2.47 bits per heavy atom. The molecule has 2 nitrogen and oxygen atoms in total. The molecule has 0 aromatic heterocycles. The van der Waals surface area contributed by atoms with Crippen LogP contribution >= 0.6 is 15.9 Å². The van der Waals surface area contributed by atoms with E-state index in [1.165, 1.54) is 11.1 Å². The zero-order valence-corrected chi connectivity index (χ0v) is 13.0. The van der Waals surface area contributed by atoms with Crippen molar-refractivity contribution >= 4 is 15.9 Å². The van der Waals surface area contributed by atoms with Crippen LogP contribution in [0.4, 0.5) is 0 Å². The van der Waals surface area contributed by atoms with Crippen LogP contribution in [0.2, 0.25) is 0 Å². The Morgan fingerprint density at radius 1 is 1.29 bits per heavy atom. The van der Waals surface area contributed by atoms with Gasteiger partial charge in [-0.1, -0.05) is 29.8 Å². The van der Waals surface area contributed by atoms with E-state index in [0.717, 1.165) is 23.4 Å². The predicted molar refractivity (Wildman–Crippen MR) is 77.0 cm³/mol. The summed E-state index contributed by atoms with van der Waals surface area (Å²) in [5, 5.41) is 0. The summed E-state index contributed by atoms with van der Waals surface area (Å²) in [6.45, 7) is 8.14. The Morgan fingerprint density at radius 2 is 1.94 bits per heavy atom. The van der Waals surface area contributed by atoms with Crippen molar-refractivity contribution in [1.82, 2.24) is 4.90 Å². The molecule has 1 aromatic rings. The van der Waals surface area contributed by atoms with Gasteiger partial charge < -0.3 is 9.64 Å². The lowest BCUT2D eigenvalue weighted by molar-refractivity contribution is 0.258. The maximum absolute atomic E-state index is 5.88. The predicted octanol–water partition coefficient (Wildman–Crippen LogP) is 3.82. The van der Waals surface area contributed by atoms with Gasteiger partial charge in [-0.3, -0.25) is 0 Å². The van der Waals surface area contributed by atoms with E-state index in [-0.39, 0.29) is 0 Å². The Kier molecular flexibility index (Phi) is 5.47. The number of aryl methyl sites for hydroxylation is 1. The largest absolute Gasteiger partial charge is 0.492 e. The number of rotatable bonds is 5. The summed E-state index contributed by atoms with van der Waals surface area (Å²) in [5.41, 5.74) is 2.48. The van der Waals surface area contributed by atoms with Gasteiger partial charge in [0.15, 0.2) is 0 Å². The van der Waals surface area contributed by atoms with Crippen LogP contribution in [0.1, 0.15) is 30.9 Å². The molecular weight excluding hydrogens is 278 g/mol. The molecule has 0 saturated heterocycles. The molecule has 0 aliphatic rings. The van der Waals surface area contributed by atoms with E-state index < -0.39 is 0 Å². The quantitative estimate of drug-likeness (QED) is 0.819. The van der Waals surface area contributed by atoms with Crippen molar-refractivity contribution in [1.29, 1.82) is 0 Å². The molecule has 3 heteroatoms. The van der Waals surface area contributed by atoms with Crippen molar-refractivity contribution in [2.75, 3.05) is 27.2 Å². The summed E-state index contributed by atoms with van der Waals surface area (Å²) in [6, 6.07) is 4.29. The molecule has 96 valence electrons. The molecule has 0 aliphatic carbocycles. The lowest BCUT2D eigenvalue weighted by Crippen LogP contribution is -2.19. The molecule has 1 aromatic carbocycles. The second-order valence-corrected chi connectivity index (χ2v) is 5.80. The Labute approximate surface area is 113 Å². The fourth-order valence-corrected chi connectivity index (χ4v) is 1.95. The van der Waals surface area contributed by atoms with Crippen molar-refractivity contribution in [2.45, 2.75) is 26.7 Å². The zero-order chi connectivity index (χ0) is 13.0. The fraction of sp³-hybridized carbons (Fsp3) is 0.571. The lowest BCUT2D eigenvalue weighted by atomic mass is 10.0. The maximum atomic E-state index is 5.88. The third kappa shape index (κ3) is 4.32. The number of likely N-dealkylation sites (N-methyl/N-ethyl adjacent to an activating group) is 1. The molecule has 0 spiro atoms. The Balaban J connectivity index is 2.85. The highest BCUT2D eigenvalue weighted by molar-refractivity contribution is 9.10. The van der Waals surface area contributed by atoms with E-state index in [1.54, 1.807) is 0 Å². The number of ether oxygens (including phenoxy) is 1. The second-order valence-electron chi connectivity index (χ2n) is 4.95. The highest BCUT2D eigenvalue weighted by Gasteiger charge is 2.10. The molecule has 0 unspecified atom stereocenters. The van der Waals surface area contributed by atoms with Gasteiger partial charge in [-0.25, -0.2) is 0 Å². The average molecular weight is 300 g/mol. The van der Waals surface area contributed by atoms with Crippen LogP contribution in [0.3, 0.4) is 0 Å². The third-order valence-corrected chi connectivity index (χ3v) is 3.56. The van der Waals surface area contributed by atoms with Gasteiger partial charge in [-0.05, 0) is 50.2 Å². The van der Waals surface area contributed by atoms with Crippen molar-refractivity contribution in [2.24, 2.45) is 0 Å². The van der Waals surface area contributed by atoms with Crippen LogP contribution in [0.5, 0.6) is 5.75 Å². The third-order valence-electron chi connectivity index (χ3n) is 2.71. The van der Waals surface area contributed by atoms with Crippen LogP contribution < -0.4 is 4.74 Å². The highest BCUT2D eigenvalue weighted by atomic mass is 79.9. The molecule has 1 rings (SSSR count). The molecule has 0 atom stereocenters. The summed E-state index contributed by atoms with van der Waals surface area (Å²) in [6.07, 6.45) is 0. The number of halogens is 1. The minimum atomic E-state index is 0.473. The normalized spacial score (nSPS) is 11.3. The number of nitrogens with zero attached hydrogens (tertiary/aromatic N) is 1. The van der Waals surface area contributed by atoms with E-state index in [4.69, 9.17) is 4.74 Å². The molecule has 0 radical (unpaired) electrons. The monoisotopic (exact) mass is 299 g/mol. The maximum Gasteiger partial charge on any atom is 0.123 e. The van der Waals surface area contributed by atoms with Crippen LogP contribution in [0.15, 0.2) is 16.6 Å². The summed E-state index contributed by atoms with van der Waals surface area (Å²) >= 11 is 3.58. The van der Waals surface area contributed by atoms with E-state index in [0.29, 0.717) is 5.92 Å². The molecular formula is C14H22BrNO. The van der Waals surface area contributed by atoms with Gasteiger partial charge >= 0.3 is 0 Å². The first-order chi connectivity index (χ1) is 7.91. The van der Waals surface area contributed by atoms with Crippen molar-refractivity contribution in [3.8, 4) is 5.75 Å². The van der Waals surface area contributed by atoms with Crippen LogP contribution in [-0.2, 0) is 0 Å². The van der Waals surface area contributed by atoms with E-state index in [2.05, 4.69) is 67.8 Å². The molecule has 0 fully saturated rings. The van der Waals surface area contributed by atoms with Crippen LogP contribution in [-0.4, -0.2) is 32.1 Å². The Hall–Kier alpha value is -0.540. The van der Waals surface area contributed by atoms with Gasteiger partial charge in [-0.2, -0.15) is 0 Å². The first-order valence-electron chi connectivity index (χ1n) is 5.99. The minimum absolute atomic E-state index is 0.473. The lowest BCUT2D eigenvalue weighted by Gasteiger charge is -2.17. The Bertz CT molecular complexity index is 375. The molecule has 0 heterocycles. The van der Waals surface area contributed by atoms with Crippen LogP contribution in [0.25, 0.3) is 0 Å². The molecule has 0 bridgehead atoms. The van der Waals surface area contributed by atoms with Gasteiger partial charge in [0.2, 0.25) is 0 Å². The highest BCUT2D eigenvalue weighted by Crippen LogP contribution is 2.32. The van der Waals surface area contributed by atoms with Crippen LogP contribution in [0, 0.1) is 6.92 Å². The minimum Gasteiger partial charge on any atom is -0.492 e. The standard InChI is InChI=1S/C14H22BrNO/c1-10(2)12-9-13(15)11(3)8-14(12)17-7-6-16(4)5/h8-10H,6-7H2,1-5H3. The van der Waals surface area contributed by atoms with Crippen molar-refractivity contribution in [3.05, 3.63) is 27.7 Å². The topological polar surface area (TPSA) is 12.5 Å². The second kappa shape index (κ2) is 6.41. The van der Waals surface area contributed by atoms with Gasteiger partial charge in [0, 0.05) is 11.0 Å². The number of hydrogen-bond donors (Lipinski definition) is 0. The summed E-state index contributed by atoms with van der Waals surface area (Å²) in [4.78, 5) is 2.13.